The van der Waals surface area contributed by atoms with E-state index in [2.05, 4.69) is 33.6 Å². The number of benzene rings is 2. The first-order chi connectivity index (χ1) is 11.2. The third-order valence-corrected chi connectivity index (χ3v) is 3.77. The maximum Gasteiger partial charge on any atom is 0.179 e. The molecule has 0 saturated carbocycles. The van der Waals surface area contributed by atoms with Crippen LogP contribution in [0.4, 0.5) is 4.39 Å². The van der Waals surface area contributed by atoms with Gasteiger partial charge in [0.25, 0.3) is 0 Å². The van der Waals surface area contributed by atoms with Crippen molar-refractivity contribution in [3.63, 3.8) is 0 Å². The van der Waals surface area contributed by atoms with E-state index in [1.54, 1.807) is 19.2 Å². The number of hydrogen-bond acceptors (Lipinski definition) is 3. The van der Waals surface area contributed by atoms with Crippen LogP contribution in [0.15, 0.2) is 54.7 Å². The highest BCUT2D eigenvalue weighted by Crippen LogP contribution is 2.22. The van der Waals surface area contributed by atoms with Gasteiger partial charge < -0.3 is 4.57 Å². The Hall–Kier alpha value is -3.02. The van der Waals surface area contributed by atoms with Gasteiger partial charge in [0.15, 0.2) is 5.82 Å². The molecule has 2 aromatic heterocycles. The summed E-state index contributed by atoms with van der Waals surface area (Å²) in [4.78, 5) is 1.46. The molecule has 23 heavy (non-hydrogen) atoms. The molecular formula is C17H14FN5. The van der Waals surface area contributed by atoms with Crippen LogP contribution in [0.1, 0.15) is 11.4 Å². The van der Waals surface area contributed by atoms with Crippen molar-refractivity contribution in [2.45, 2.75) is 6.42 Å². The molecule has 0 N–H and O–H groups in total. The number of fused-ring (bicyclic) bond motifs is 1. The van der Waals surface area contributed by atoms with E-state index in [1.165, 1.54) is 16.9 Å². The van der Waals surface area contributed by atoms with Gasteiger partial charge in [0.1, 0.15) is 5.82 Å². The van der Waals surface area contributed by atoms with E-state index in [0.29, 0.717) is 12.2 Å². The molecule has 5 nitrogen and oxygen atoms in total. The summed E-state index contributed by atoms with van der Waals surface area (Å²) in [5, 5.41) is 13.2. The smallest absolute Gasteiger partial charge is 0.179 e. The fraction of sp³-hybridized carbons (Fsp3) is 0.118. The molecule has 0 amide bonds. The summed E-state index contributed by atoms with van der Waals surface area (Å²) in [7, 11) is 1.75. The highest BCUT2D eigenvalue weighted by Gasteiger charge is 2.07. The van der Waals surface area contributed by atoms with Crippen LogP contribution in [0.3, 0.4) is 0 Å². The second-order valence-electron chi connectivity index (χ2n) is 5.43. The summed E-state index contributed by atoms with van der Waals surface area (Å²) >= 11 is 0. The first-order valence-corrected chi connectivity index (χ1v) is 7.28. The molecule has 0 fully saturated rings. The van der Waals surface area contributed by atoms with Crippen molar-refractivity contribution >= 4 is 10.9 Å². The van der Waals surface area contributed by atoms with E-state index in [4.69, 9.17) is 0 Å². The average Bonchev–Trinajstić information content (AvgIpc) is 3.14. The minimum atomic E-state index is -0.232. The van der Waals surface area contributed by atoms with Crippen LogP contribution in [-0.2, 0) is 13.5 Å². The Morgan fingerprint density at radius 2 is 1.87 bits per heavy atom. The van der Waals surface area contributed by atoms with Gasteiger partial charge in [0, 0.05) is 23.7 Å². The van der Waals surface area contributed by atoms with Gasteiger partial charge in [-0.15, -0.1) is 10.2 Å². The lowest BCUT2D eigenvalue weighted by Gasteiger charge is -2.06. The largest absolute Gasteiger partial charge is 0.317 e. The van der Waals surface area contributed by atoms with Crippen LogP contribution >= 0.6 is 0 Å². The minimum absolute atomic E-state index is 0.232. The molecule has 4 aromatic rings. The maximum absolute atomic E-state index is 13.1. The molecule has 6 heteroatoms. The van der Waals surface area contributed by atoms with E-state index >= 15 is 0 Å². The van der Waals surface area contributed by atoms with Gasteiger partial charge in [-0.3, -0.25) is 0 Å². The highest BCUT2D eigenvalue weighted by atomic mass is 19.1. The topological polar surface area (TPSA) is 48.5 Å². The lowest BCUT2D eigenvalue weighted by Crippen LogP contribution is -1.95. The Morgan fingerprint density at radius 3 is 2.61 bits per heavy atom. The molecule has 0 aliphatic carbocycles. The van der Waals surface area contributed by atoms with E-state index in [0.717, 1.165) is 22.2 Å². The van der Waals surface area contributed by atoms with Crippen molar-refractivity contribution in [1.29, 1.82) is 0 Å². The summed E-state index contributed by atoms with van der Waals surface area (Å²) in [6, 6.07) is 14.8. The Morgan fingerprint density at radius 1 is 1.04 bits per heavy atom. The number of nitrogens with zero attached hydrogens (tertiary/aromatic N) is 5. The van der Waals surface area contributed by atoms with Crippen molar-refractivity contribution in [1.82, 2.24) is 24.8 Å². The number of halogens is 1. The molecule has 0 aliphatic heterocycles. The molecule has 2 aromatic carbocycles. The fourth-order valence-corrected chi connectivity index (χ4v) is 2.71. The van der Waals surface area contributed by atoms with Gasteiger partial charge in [0.05, 0.1) is 12.6 Å². The zero-order chi connectivity index (χ0) is 15.8. The number of rotatable bonds is 3. The zero-order valence-electron chi connectivity index (χ0n) is 12.5. The molecule has 0 spiro atoms. The lowest BCUT2D eigenvalue weighted by atomic mass is 10.1. The Kier molecular flexibility index (Phi) is 3.15. The van der Waals surface area contributed by atoms with Crippen molar-refractivity contribution in [3.8, 4) is 5.69 Å². The van der Waals surface area contributed by atoms with Crippen molar-refractivity contribution in [2.24, 2.45) is 7.05 Å². The third kappa shape index (κ3) is 2.59. The molecular weight excluding hydrogens is 293 g/mol. The van der Waals surface area contributed by atoms with Gasteiger partial charge in [-0.2, -0.15) is 4.80 Å². The summed E-state index contributed by atoms with van der Waals surface area (Å²) in [5.74, 6) is 0.466. The normalized spacial score (nSPS) is 11.2. The fourth-order valence-electron chi connectivity index (χ4n) is 2.71. The van der Waals surface area contributed by atoms with E-state index in [9.17, 15) is 4.39 Å². The van der Waals surface area contributed by atoms with Gasteiger partial charge in [0.2, 0.25) is 0 Å². The van der Waals surface area contributed by atoms with Crippen LogP contribution < -0.4 is 0 Å². The molecule has 0 atom stereocenters. The summed E-state index contributed by atoms with van der Waals surface area (Å²) in [6.45, 7) is 0. The SMILES string of the molecule is Cn1nnc(Cc2ccc3c(ccn3-c3ccc(F)cc3)c2)n1. The van der Waals surface area contributed by atoms with Gasteiger partial charge >= 0.3 is 0 Å². The van der Waals surface area contributed by atoms with Crippen LogP contribution in [0.25, 0.3) is 16.6 Å². The number of aromatic nitrogens is 5. The predicted molar refractivity (Wildman–Crippen MR) is 84.8 cm³/mol. The zero-order valence-corrected chi connectivity index (χ0v) is 12.5. The lowest BCUT2D eigenvalue weighted by molar-refractivity contribution is 0.627. The predicted octanol–water partition coefficient (Wildman–Crippen LogP) is 2.88. The summed E-state index contributed by atoms with van der Waals surface area (Å²) in [6.07, 6.45) is 2.63. The standard InChI is InChI=1S/C17H14FN5/c1-22-20-17(19-21-22)11-12-2-7-16-13(10-12)8-9-23(16)15-5-3-14(18)4-6-15/h2-10H,11H2,1H3. The number of tetrazole rings is 1. The van der Waals surface area contributed by atoms with Crippen LogP contribution in [0.2, 0.25) is 0 Å². The molecule has 0 radical (unpaired) electrons. The summed E-state index contributed by atoms with van der Waals surface area (Å²) < 4.78 is 15.1. The quantitative estimate of drug-likeness (QED) is 0.585. The molecule has 114 valence electrons. The van der Waals surface area contributed by atoms with Crippen LogP contribution in [-0.4, -0.2) is 24.8 Å². The van der Waals surface area contributed by atoms with Crippen molar-refractivity contribution < 1.29 is 4.39 Å². The van der Waals surface area contributed by atoms with Crippen LogP contribution in [0, 0.1) is 5.82 Å². The van der Waals surface area contributed by atoms with Gasteiger partial charge in [-0.1, -0.05) is 6.07 Å². The Labute approximate surface area is 132 Å². The molecule has 0 unspecified atom stereocenters. The second-order valence-corrected chi connectivity index (χ2v) is 5.43. The monoisotopic (exact) mass is 307 g/mol. The number of aryl methyl sites for hydroxylation is 1. The van der Waals surface area contributed by atoms with Crippen molar-refractivity contribution in [2.75, 3.05) is 0 Å². The van der Waals surface area contributed by atoms with Gasteiger partial charge in [-0.05, 0) is 53.2 Å². The molecule has 0 aliphatic rings. The molecule has 2 heterocycles. The Balaban J connectivity index is 1.69. The molecule has 0 saturated heterocycles. The molecule has 4 rings (SSSR count). The minimum Gasteiger partial charge on any atom is -0.317 e. The van der Waals surface area contributed by atoms with E-state index < -0.39 is 0 Å². The highest BCUT2D eigenvalue weighted by molar-refractivity contribution is 5.82. The second kappa shape index (κ2) is 5.31. The maximum atomic E-state index is 13.1. The van der Waals surface area contributed by atoms with Crippen molar-refractivity contribution in [3.05, 3.63) is 71.9 Å². The average molecular weight is 307 g/mol. The van der Waals surface area contributed by atoms with Crippen LogP contribution in [0.5, 0.6) is 0 Å². The first-order valence-electron chi connectivity index (χ1n) is 7.28. The first kappa shape index (κ1) is 13.6. The number of hydrogen-bond donors (Lipinski definition) is 0. The molecule has 0 bridgehead atoms. The summed E-state index contributed by atoms with van der Waals surface area (Å²) in [5.41, 5.74) is 3.14. The van der Waals surface area contributed by atoms with E-state index in [-0.39, 0.29) is 5.82 Å². The Bertz CT molecular complexity index is 968. The third-order valence-electron chi connectivity index (χ3n) is 3.77. The van der Waals surface area contributed by atoms with Gasteiger partial charge in [-0.25, -0.2) is 4.39 Å². The van der Waals surface area contributed by atoms with E-state index in [1.807, 2.05) is 16.8 Å².